The molecule has 0 bridgehead atoms. The van der Waals surface area contributed by atoms with Gasteiger partial charge in [0.05, 0.1) is 0 Å². The summed E-state index contributed by atoms with van der Waals surface area (Å²) in [6.07, 6.45) is 1.07. The summed E-state index contributed by atoms with van der Waals surface area (Å²) in [6, 6.07) is 8.85. The van der Waals surface area contributed by atoms with Crippen molar-refractivity contribution in [3.63, 3.8) is 0 Å². The Morgan fingerprint density at radius 2 is 2.00 bits per heavy atom. The van der Waals surface area contributed by atoms with Gasteiger partial charge in [-0.2, -0.15) is 0 Å². The Morgan fingerprint density at radius 3 is 2.62 bits per heavy atom. The van der Waals surface area contributed by atoms with Crippen molar-refractivity contribution in [2.24, 2.45) is 0 Å². The zero-order valence-electron chi connectivity index (χ0n) is 6.73. The van der Waals surface area contributed by atoms with Crippen LogP contribution in [0.3, 0.4) is 0 Å². The number of carbonyl (C=O) groups excluding carboxylic acids is 1. The van der Waals surface area contributed by atoms with Gasteiger partial charge in [-0.3, -0.25) is 0 Å². The van der Waals surface area contributed by atoms with E-state index in [-0.39, 0.29) is 0 Å². The molecule has 3 nitrogen and oxygen atoms in total. The lowest BCUT2D eigenvalue weighted by molar-refractivity contribution is 0.237. The maximum atomic E-state index is 9.59. The molecule has 1 rings (SSSR count). The molecule has 0 spiro atoms. The molecule has 0 saturated heterocycles. The van der Waals surface area contributed by atoms with Gasteiger partial charge in [-0.15, -0.1) is 0 Å². The SMILES string of the molecule is O=[C]OC#CC(O)c1ccccc1. The van der Waals surface area contributed by atoms with E-state index < -0.39 is 6.10 Å². The first-order chi connectivity index (χ1) is 6.34. The van der Waals surface area contributed by atoms with E-state index in [0.29, 0.717) is 5.56 Å². The first-order valence-electron chi connectivity index (χ1n) is 3.61. The second-order valence-corrected chi connectivity index (χ2v) is 2.25. The zero-order chi connectivity index (χ0) is 9.52. The van der Waals surface area contributed by atoms with Gasteiger partial charge in [0.15, 0.2) is 0 Å². The molecule has 0 amide bonds. The fraction of sp³-hybridized carbons (Fsp3) is 0.100. The number of aliphatic hydroxyl groups excluding tert-OH is 1. The average molecular weight is 175 g/mol. The lowest BCUT2D eigenvalue weighted by Gasteiger charge is -2.00. The Kier molecular flexibility index (Phi) is 3.55. The van der Waals surface area contributed by atoms with Gasteiger partial charge in [0, 0.05) is 0 Å². The van der Waals surface area contributed by atoms with Crippen LogP contribution in [0.1, 0.15) is 11.7 Å². The van der Waals surface area contributed by atoms with Gasteiger partial charge in [-0.05, 0) is 11.5 Å². The van der Waals surface area contributed by atoms with E-state index in [1.807, 2.05) is 12.2 Å². The predicted molar refractivity (Wildman–Crippen MR) is 46.0 cm³/mol. The van der Waals surface area contributed by atoms with Gasteiger partial charge < -0.3 is 9.84 Å². The Hall–Kier alpha value is -1.79. The maximum absolute atomic E-state index is 9.59. The minimum absolute atomic E-state index is 0.657. The number of aliphatic hydroxyl groups is 1. The van der Waals surface area contributed by atoms with Gasteiger partial charge in [0.1, 0.15) is 12.2 Å². The lowest BCUT2D eigenvalue weighted by Crippen LogP contribution is -1.92. The maximum Gasteiger partial charge on any atom is 0.432 e. The summed E-state index contributed by atoms with van der Waals surface area (Å²) in [7, 11) is 0. The van der Waals surface area contributed by atoms with Crippen molar-refractivity contribution in [3.05, 3.63) is 35.9 Å². The normalized spacial score (nSPS) is 10.8. The Bertz CT molecular complexity index is 321. The van der Waals surface area contributed by atoms with Crippen LogP contribution in [0.4, 0.5) is 0 Å². The smallest absolute Gasteiger partial charge is 0.376 e. The molecule has 0 fully saturated rings. The summed E-state index contributed by atoms with van der Waals surface area (Å²) in [6.45, 7) is 1.14. The molecule has 1 N–H and O–H groups in total. The van der Waals surface area contributed by atoms with Crippen LogP contribution in [0.5, 0.6) is 0 Å². The van der Waals surface area contributed by atoms with Gasteiger partial charge in [-0.1, -0.05) is 30.3 Å². The number of hydrogen-bond acceptors (Lipinski definition) is 3. The summed E-state index contributed by atoms with van der Waals surface area (Å²) in [5.74, 6) is 2.32. The molecule has 65 valence electrons. The van der Waals surface area contributed by atoms with Crippen molar-refractivity contribution in [2.75, 3.05) is 0 Å². The van der Waals surface area contributed by atoms with E-state index in [0.717, 1.165) is 6.47 Å². The highest BCUT2D eigenvalue weighted by molar-refractivity contribution is 5.41. The molecule has 1 atom stereocenters. The molecule has 0 aliphatic heterocycles. The fourth-order valence-electron chi connectivity index (χ4n) is 0.825. The summed E-state index contributed by atoms with van der Waals surface area (Å²) < 4.78 is 4.00. The van der Waals surface area contributed by atoms with Crippen LogP contribution in [0.15, 0.2) is 30.3 Å². The molecule has 0 heterocycles. The predicted octanol–water partition coefficient (Wildman–Crippen LogP) is 0.765. The van der Waals surface area contributed by atoms with Crippen molar-refractivity contribution >= 4 is 6.47 Å². The van der Waals surface area contributed by atoms with E-state index >= 15 is 0 Å². The van der Waals surface area contributed by atoms with E-state index in [1.165, 1.54) is 0 Å². The number of rotatable bonds is 2. The molecule has 0 aliphatic carbocycles. The largest absolute Gasteiger partial charge is 0.432 e. The first-order valence-corrected chi connectivity index (χ1v) is 3.61. The van der Waals surface area contributed by atoms with Crippen molar-refractivity contribution in [1.29, 1.82) is 0 Å². The highest BCUT2D eigenvalue weighted by Crippen LogP contribution is 2.09. The van der Waals surface area contributed by atoms with E-state index in [2.05, 4.69) is 10.7 Å². The van der Waals surface area contributed by atoms with Crippen LogP contribution in [-0.4, -0.2) is 11.6 Å². The van der Waals surface area contributed by atoms with Crippen LogP contribution in [0.25, 0.3) is 0 Å². The van der Waals surface area contributed by atoms with E-state index in [9.17, 15) is 9.90 Å². The second-order valence-electron chi connectivity index (χ2n) is 2.25. The molecule has 1 aromatic rings. The van der Waals surface area contributed by atoms with Crippen molar-refractivity contribution < 1.29 is 14.6 Å². The van der Waals surface area contributed by atoms with Crippen LogP contribution in [-0.2, 0) is 9.53 Å². The highest BCUT2D eigenvalue weighted by atomic mass is 16.5. The lowest BCUT2D eigenvalue weighted by atomic mass is 10.1. The quantitative estimate of drug-likeness (QED) is 0.675. The molecular formula is C10H7O3. The van der Waals surface area contributed by atoms with Crippen molar-refractivity contribution in [1.82, 2.24) is 0 Å². The van der Waals surface area contributed by atoms with Gasteiger partial charge in [0.25, 0.3) is 0 Å². The van der Waals surface area contributed by atoms with Crippen LogP contribution >= 0.6 is 0 Å². The van der Waals surface area contributed by atoms with Gasteiger partial charge >= 0.3 is 6.47 Å². The summed E-state index contributed by atoms with van der Waals surface area (Å²) >= 11 is 0. The van der Waals surface area contributed by atoms with Gasteiger partial charge in [-0.25, -0.2) is 4.79 Å². The Morgan fingerprint density at radius 1 is 1.31 bits per heavy atom. The van der Waals surface area contributed by atoms with Gasteiger partial charge in [0.2, 0.25) is 0 Å². The molecule has 0 saturated carbocycles. The second kappa shape index (κ2) is 4.96. The zero-order valence-corrected chi connectivity index (χ0v) is 6.73. The van der Waals surface area contributed by atoms with E-state index in [1.54, 1.807) is 24.3 Å². The van der Waals surface area contributed by atoms with Crippen LogP contribution < -0.4 is 0 Å². The van der Waals surface area contributed by atoms with E-state index in [4.69, 9.17) is 0 Å². The molecule has 1 radical (unpaired) electrons. The third-order valence-electron chi connectivity index (χ3n) is 1.40. The molecular weight excluding hydrogens is 168 g/mol. The summed E-state index contributed by atoms with van der Waals surface area (Å²) in [4.78, 5) is 9.59. The summed E-state index contributed by atoms with van der Waals surface area (Å²) in [5, 5.41) is 9.36. The minimum atomic E-state index is -0.936. The molecule has 0 aromatic heterocycles. The summed E-state index contributed by atoms with van der Waals surface area (Å²) in [5.41, 5.74) is 0.657. The van der Waals surface area contributed by atoms with Crippen LogP contribution in [0, 0.1) is 12.0 Å². The van der Waals surface area contributed by atoms with Crippen molar-refractivity contribution in [2.45, 2.75) is 6.10 Å². The fourth-order valence-corrected chi connectivity index (χ4v) is 0.825. The number of hydrogen-bond donors (Lipinski definition) is 1. The average Bonchev–Trinajstić information content (AvgIpc) is 2.19. The number of ether oxygens (including phenoxy) is 1. The molecule has 1 unspecified atom stereocenters. The monoisotopic (exact) mass is 175 g/mol. The molecule has 3 heteroatoms. The Labute approximate surface area is 76.0 Å². The van der Waals surface area contributed by atoms with Crippen LogP contribution in [0.2, 0.25) is 0 Å². The standard InChI is InChI=1S/C10H7O3/c11-8-13-7-6-10(12)9-4-2-1-3-5-9/h1-5,10,12H. The topological polar surface area (TPSA) is 46.5 Å². The third-order valence-corrected chi connectivity index (χ3v) is 1.40. The van der Waals surface area contributed by atoms with Crippen molar-refractivity contribution in [3.8, 4) is 12.0 Å². The molecule has 13 heavy (non-hydrogen) atoms. The molecule has 0 aliphatic rings. The Balaban J connectivity index is 2.65. The first kappa shape index (κ1) is 9.30. The third kappa shape index (κ3) is 2.97. The number of benzene rings is 1. The highest BCUT2D eigenvalue weighted by Gasteiger charge is 2.00. The minimum Gasteiger partial charge on any atom is -0.376 e. The molecule has 1 aromatic carbocycles.